The van der Waals surface area contributed by atoms with E-state index in [0.717, 1.165) is 6.54 Å². The topological polar surface area (TPSA) is 85.2 Å². The number of anilines is 1. The summed E-state index contributed by atoms with van der Waals surface area (Å²) in [5.74, 6) is 1.15. The van der Waals surface area contributed by atoms with E-state index < -0.39 is 0 Å². The highest BCUT2D eigenvalue weighted by atomic mass is 16.6. The van der Waals surface area contributed by atoms with Crippen LogP contribution in [0.25, 0.3) is 0 Å². The van der Waals surface area contributed by atoms with Gasteiger partial charge in [-0.05, 0) is 28.6 Å². The highest BCUT2D eigenvalue weighted by molar-refractivity contribution is 5.95. The molecule has 82 valence electrons. The third-order valence-corrected chi connectivity index (χ3v) is 2.85. The van der Waals surface area contributed by atoms with Crippen molar-refractivity contribution in [2.24, 2.45) is 11.8 Å². The Hall–Kier alpha value is -1.59. The van der Waals surface area contributed by atoms with Crippen LogP contribution in [0.1, 0.15) is 23.8 Å². The molecule has 0 aromatic carbocycles. The van der Waals surface area contributed by atoms with Crippen LogP contribution in [0.3, 0.4) is 0 Å². The molecule has 0 aliphatic heterocycles. The van der Waals surface area contributed by atoms with Crippen molar-refractivity contribution in [1.82, 2.24) is 15.2 Å². The molecule has 0 saturated heterocycles. The molecule has 1 aromatic rings. The fourth-order valence-electron chi connectivity index (χ4n) is 1.61. The van der Waals surface area contributed by atoms with Crippen LogP contribution in [-0.2, 0) is 0 Å². The molecular weight excluding hydrogens is 196 g/mol. The number of amides is 1. The van der Waals surface area contributed by atoms with E-state index in [-0.39, 0.29) is 17.4 Å². The highest BCUT2D eigenvalue weighted by Crippen LogP contribution is 2.38. The molecule has 1 fully saturated rings. The van der Waals surface area contributed by atoms with E-state index in [2.05, 4.69) is 21.9 Å². The van der Waals surface area contributed by atoms with Gasteiger partial charge in [0.2, 0.25) is 11.5 Å². The summed E-state index contributed by atoms with van der Waals surface area (Å²) in [5.41, 5.74) is 5.54. The minimum absolute atomic E-state index is 0.0516. The molecule has 6 nitrogen and oxygen atoms in total. The summed E-state index contributed by atoms with van der Waals surface area (Å²) in [5, 5.41) is 6.86. The zero-order valence-electron chi connectivity index (χ0n) is 8.80. The summed E-state index contributed by atoms with van der Waals surface area (Å²) in [4.78, 5) is 13.4. The number of aromatic nitrogens is 2. The smallest absolute Gasteiger partial charge is 0.279 e. The predicted molar refractivity (Wildman–Crippen MR) is 52.9 cm³/mol. The molecule has 1 aliphatic rings. The fraction of sp³-hybridized carbons (Fsp3) is 0.667. The number of carbonyl (C=O) groups excluding carboxylic acids is 1. The molecule has 15 heavy (non-hydrogen) atoms. The van der Waals surface area contributed by atoms with Crippen molar-refractivity contribution in [3.63, 3.8) is 0 Å². The van der Waals surface area contributed by atoms with E-state index in [1.807, 2.05) is 0 Å². The molecular formula is C9H14N4O2. The molecule has 0 bridgehead atoms. The lowest BCUT2D eigenvalue weighted by molar-refractivity contribution is 0.0776. The van der Waals surface area contributed by atoms with Gasteiger partial charge in [-0.3, -0.25) is 4.79 Å². The van der Waals surface area contributed by atoms with Gasteiger partial charge in [0.15, 0.2) is 0 Å². The number of nitrogen functional groups attached to an aromatic ring is 1. The molecule has 1 aliphatic carbocycles. The number of nitrogens with two attached hydrogens (primary N) is 1. The molecule has 1 saturated carbocycles. The quantitative estimate of drug-likeness (QED) is 0.779. The van der Waals surface area contributed by atoms with Crippen molar-refractivity contribution in [3.8, 4) is 0 Å². The zero-order valence-corrected chi connectivity index (χ0v) is 8.80. The van der Waals surface area contributed by atoms with E-state index >= 15 is 0 Å². The second kappa shape index (κ2) is 3.52. The maximum absolute atomic E-state index is 11.8. The van der Waals surface area contributed by atoms with Gasteiger partial charge in [0.05, 0.1) is 0 Å². The Bertz CT molecular complexity index is 376. The third kappa shape index (κ3) is 1.93. The maximum Gasteiger partial charge on any atom is 0.279 e. The fourth-order valence-corrected chi connectivity index (χ4v) is 1.61. The Balaban J connectivity index is 1.98. The van der Waals surface area contributed by atoms with Crippen LogP contribution < -0.4 is 5.73 Å². The molecule has 0 radical (unpaired) electrons. The number of hydrogen-bond acceptors (Lipinski definition) is 5. The Kier molecular flexibility index (Phi) is 2.34. The van der Waals surface area contributed by atoms with Crippen LogP contribution >= 0.6 is 0 Å². The lowest BCUT2D eigenvalue weighted by atomic mass is 10.3. The Morgan fingerprint density at radius 3 is 2.80 bits per heavy atom. The minimum atomic E-state index is -0.229. The largest absolute Gasteiger partial charge is 0.379 e. The Morgan fingerprint density at radius 2 is 2.33 bits per heavy atom. The second-order valence-electron chi connectivity index (χ2n) is 4.16. The van der Waals surface area contributed by atoms with Crippen molar-refractivity contribution in [2.45, 2.75) is 13.3 Å². The molecule has 2 atom stereocenters. The van der Waals surface area contributed by atoms with Gasteiger partial charge in [0.1, 0.15) is 0 Å². The second-order valence-corrected chi connectivity index (χ2v) is 4.16. The van der Waals surface area contributed by atoms with Crippen LogP contribution in [0.5, 0.6) is 0 Å². The van der Waals surface area contributed by atoms with Gasteiger partial charge in [-0.1, -0.05) is 6.92 Å². The third-order valence-electron chi connectivity index (χ3n) is 2.85. The predicted octanol–water partition coefficient (Wildman–Crippen LogP) is 0.380. The van der Waals surface area contributed by atoms with Gasteiger partial charge < -0.3 is 10.6 Å². The van der Waals surface area contributed by atoms with E-state index in [1.165, 1.54) is 6.42 Å². The van der Waals surface area contributed by atoms with Crippen molar-refractivity contribution < 1.29 is 9.42 Å². The standard InChI is InChI=1S/C9H14N4O2/c1-5-3-6(5)4-13(2)9(14)7-8(10)12-15-11-7/h5-6H,3-4H2,1-2H3,(H2,10,12). The molecule has 2 N–H and O–H groups in total. The molecule has 0 spiro atoms. The van der Waals surface area contributed by atoms with Gasteiger partial charge in [0, 0.05) is 13.6 Å². The van der Waals surface area contributed by atoms with Gasteiger partial charge in [-0.15, -0.1) is 0 Å². The number of carbonyl (C=O) groups is 1. The molecule has 2 unspecified atom stereocenters. The van der Waals surface area contributed by atoms with Crippen LogP contribution in [0.2, 0.25) is 0 Å². The normalized spacial score (nSPS) is 23.9. The van der Waals surface area contributed by atoms with Crippen molar-refractivity contribution >= 4 is 11.7 Å². The van der Waals surface area contributed by atoms with Crippen molar-refractivity contribution in [1.29, 1.82) is 0 Å². The lowest BCUT2D eigenvalue weighted by Crippen LogP contribution is -2.29. The number of hydrogen-bond donors (Lipinski definition) is 1. The SMILES string of the molecule is CC1CC1CN(C)C(=O)c1nonc1N. The molecule has 2 rings (SSSR count). The summed E-state index contributed by atoms with van der Waals surface area (Å²) in [6.45, 7) is 2.92. The lowest BCUT2D eigenvalue weighted by Gasteiger charge is -2.14. The van der Waals surface area contributed by atoms with Crippen LogP contribution in [0.4, 0.5) is 5.82 Å². The summed E-state index contributed by atoms with van der Waals surface area (Å²) in [6, 6.07) is 0. The van der Waals surface area contributed by atoms with Gasteiger partial charge in [0.25, 0.3) is 5.91 Å². The summed E-state index contributed by atoms with van der Waals surface area (Å²) < 4.78 is 4.39. The Labute approximate surface area is 87.4 Å². The average molecular weight is 210 g/mol. The van der Waals surface area contributed by atoms with Crippen molar-refractivity contribution in [2.75, 3.05) is 19.3 Å². The van der Waals surface area contributed by atoms with E-state index in [1.54, 1.807) is 11.9 Å². The number of rotatable bonds is 3. The monoisotopic (exact) mass is 210 g/mol. The van der Waals surface area contributed by atoms with Crippen LogP contribution in [0, 0.1) is 11.8 Å². The Morgan fingerprint density at radius 1 is 1.67 bits per heavy atom. The van der Waals surface area contributed by atoms with E-state index in [9.17, 15) is 4.79 Å². The van der Waals surface area contributed by atoms with Gasteiger partial charge in [-0.2, -0.15) is 0 Å². The molecule has 6 heteroatoms. The van der Waals surface area contributed by atoms with E-state index in [0.29, 0.717) is 11.8 Å². The number of nitrogens with zero attached hydrogens (tertiary/aromatic N) is 3. The summed E-state index contributed by atoms with van der Waals surface area (Å²) in [6.07, 6.45) is 1.18. The minimum Gasteiger partial charge on any atom is -0.379 e. The molecule has 1 aromatic heterocycles. The maximum atomic E-state index is 11.8. The molecule has 1 amide bonds. The summed E-state index contributed by atoms with van der Waals surface area (Å²) >= 11 is 0. The van der Waals surface area contributed by atoms with E-state index in [4.69, 9.17) is 5.73 Å². The first-order chi connectivity index (χ1) is 7.09. The molecule has 1 heterocycles. The first-order valence-electron chi connectivity index (χ1n) is 4.93. The van der Waals surface area contributed by atoms with Gasteiger partial charge in [-0.25, -0.2) is 4.63 Å². The van der Waals surface area contributed by atoms with Crippen LogP contribution in [0.15, 0.2) is 4.63 Å². The van der Waals surface area contributed by atoms with Gasteiger partial charge >= 0.3 is 0 Å². The first-order valence-corrected chi connectivity index (χ1v) is 4.93. The van der Waals surface area contributed by atoms with Crippen molar-refractivity contribution in [3.05, 3.63) is 5.69 Å². The van der Waals surface area contributed by atoms with Crippen LogP contribution in [-0.4, -0.2) is 34.7 Å². The zero-order chi connectivity index (χ0) is 11.0. The average Bonchev–Trinajstić information content (AvgIpc) is 2.72. The summed E-state index contributed by atoms with van der Waals surface area (Å²) in [7, 11) is 1.74. The highest BCUT2D eigenvalue weighted by Gasteiger charge is 2.35. The first kappa shape index (κ1) is 9.95.